The molecule has 0 radical (unpaired) electrons. The minimum absolute atomic E-state index is 0.166. The lowest BCUT2D eigenvalue weighted by molar-refractivity contribution is -0.135. The molecule has 0 unspecified atom stereocenters. The van der Waals surface area contributed by atoms with Gasteiger partial charge in [-0.3, -0.25) is 4.79 Å². The van der Waals surface area contributed by atoms with Gasteiger partial charge in [0.15, 0.2) is 0 Å². The highest BCUT2D eigenvalue weighted by Crippen LogP contribution is 2.11. The number of hydrogen-bond donors (Lipinski definition) is 1. The van der Waals surface area contributed by atoms with Gasteiger partial charge in [-0.2, -0.15) is 0 Å². The van der Waals surface area contributed by atoms with Crippen molar-refractivity contribution >= 4 is 23.5 Å². The molecular formula is C17H16ClNO3. The molecule has 1 amide bonds. The maximum absolute atomic E-state index is 11.7. The van der Waals surface area contributed by atoms with Crippen molar-refractivity contribution < 1.29 is 14.3 Å². The van der Waals surface area contributed by atoms with Gasteiger partial charge in [0.05, 0.1) is 6.42 Å². The number of nitrogens with one attached hydrogen (secondary N) is 1. The first-order valence-electron chi connectivity index (χ1n) is 6.81. The van der Waals surface area contributed by atoms with Crippen molar-refractivity contribution in [2.75, 3.05) is 6.54 Å². The molecule has 0 spiro atoms. The second-order valence-electron chi connectivity index (χ2n) is 4.87. The minimum Gasteiger partial charge on any atom is -0.425 e. The van der Waals surface area contributed by atoms with Gasteiger partial charge in [-0.15, -0.1) is 0 Å². The molecule has 0 aliphatic rings. The summed E-state index contributed by atoms with van der Waals surface area (Å²) in [5.74, 6) is -0.293. The van der Waals surface area contributed by atoms with Crippen molar-refractivity contribution in [3.8, 4) is 5.75 Å². The Morgan fingerprint density at radius 1 is 1.05 bits per heavy atom. The summed E-state index contributed by atoms with van der Waals surface area (Å²) in [6.07, 6.45) is 0.189. The second kappa shape index (κ2) is 7.61. The van der Waals surface area contributed by atoms with Gasteiger partial charge >= 0.3 is 5.97 Å². The molecule has 0 saturated heterocycles. The predicted octanol–water partition coefficient (Wildman–Crippen LogP) is 2.91. The fourth-order valence-corrected chi connectivity index (χ4v) is 1.92. The van der Waals surface area contributed by atoms with E-state index in [1.807, 2.05) is 19.1 Å². The van der Waals surface area contributed by atoms with Crippen molar-refractivity contribution in [3.05, 3.63) is 64.7 Å². The molecule has 0 aliphatic heterocycles. The number of carbonyl (C=O) groups is 2. The molecule has 0 fully saturated rings. The van der Waals surface area contributed by atoms with Crippen molar-refractivity contribution in [2.24, 2.45) is 0 Å². The Morgan fingerprint density at radius 3 is 2.32 bits per heavy atom. The van der Waals surface area contributed by atoms with Crippen molar-refractivity contribution in [1.29, 1.82) is 0 Å². The normalized spacial score (nSPS) is 10.1. The Labute approximate surface area is 134 Å². The summed E-state index contributed by atoms with van der Waals surface area (Å²) in [6, 6.07) is 14.1. The third kappa shape index (κ3) is 5.22. The SMILES string of the molecule is Cc1ccc(OC(=O)CNC(=O)Cc2ccc(Cl)cc2)cc1. The van der Waals surface area contributed by atoms with E-state index in [2.05, 4.69) is 5.32 Å². The molecule has 0 heterocycles. The third-order valence-electron chi connectivity index (χ3n) is 2.96. The molecule has 4 nitrogen and oxygen atoms in total. The van der Waals surface area contributed by atoms with Gasteiger partial charge in [0, 0.05) is 5.02 Å². The Balaban J connectivity index is 1.76. The number of esters is 1. The number of amides is 1. The van der Waals surface area contributed by atoms with Crippen molar-refractivity contribution in [3.63, 3.8) is 0 Å². The fraction of sp³-hybridized carbons (Fsp3) is 0.176. The molecule has 1 N–H and O–H groups in total. The lowest BCUT2D eigenvalue weighted by atomic mass is 10.1. The van der Waals surface area contributed by atoms with Crippen LogP contribution in [0.15, 0.2) is 48.5 Å². The van der Waals surface area contributed by atoms with Crippen LogP contribution in [0, 0.1) is 6.92 Å². The molecule has 0 aliphatic carbocycles. The molecule has 5 heteroatoms. The van der Waals surface area contributed by atoms with E-state index in [0.29, 0.717) is 10.8 Å². The molecule has 0 atom stereocenters. The molecule has 2 rings (SSSR count). The van der Waals surface area contributed by atoms with E-state index < -0.39 is 5.97 Å². The number of ether oxygens (including phenoxy) is 1. The smallest absolute Gasteiger partial charge is 0.330 e. The average molecular weight is 318 g/mol. The number of rotatable bonds is 5. The molecule has 0 bridgehead atoms. The summed E-state index contributed by atoms with van der Waals surface area (Å²) >= 11 is 5.78. The summed E-state index contributed by atoms with van der Waals surface area (Å²) < 4.78 is 5.11. The van der Waals surface area contributed by atoms with E-state index >= 15 is 0 Å². The minimum atomic E-state index is -0.506. The van der Waals surface area contributed by atoms with Gasteiger partial charge in [-0.1, -0.05) is 41.4 Å². The second-order valence-corrected chi connectivity index (χ2v) is 5.30. The van der Waals surface area contributed by atoms with Crippen LogP contribution < -0.4 is 10.1 Å². The summed E-state index contributed by atoms with van der Waals surface area (Å²) in [5.41, 5.74) is 1.91. The van der Waals surface area contributed by atoms with E-state index in [4.69, 9.17) is 16.3 Å². The number of carbonyl (C=O) groups excluding carboxylic acids is 2. The van der Waals surface area contributed by atoms with Crippen molar-refractivity contribution in [2.45, 2.75) is 13.3 Å². The van der Waals surface area contributed by atoms with Gasteiger partial charge < -0.3 is 10.1 Å². The lowest BCUT2D eigenvalue weighted by Gasteiger charge is -2.06. The third-order valence-corrected chi connectivity index (χ3v) is 3.21. The van der Waals surface area contributed by atoms with Crippen molar-refractivity contribution in [1.82, 2.24) is 5.32 Å². The van der Waals surface area contributed by atoms with E-state index in [9.17, 15) is 9.59 Å². The van der Waals surface area contributed by atoms with Crippen LogP contribution in [-0.4, -0.2) is 18.4 Å². The first kappa shape index (κ1) is 16.0. The number of aryl methyl sites for hydroxylation is 1. The van der Waals surface area contributed by atoms with E-state index in [1.165, 1.54) is 0 Å². The molecule has 0 aromatic heterocycles. The van der Waals surface area contributed by atoms with E-state index in [-0.39, 0.29) is 18.9 Å². The largest absolute Gasteiger partial charge is 0.425 e. The maximum Gasteiger partial charge on any atom is 0.330 e. The van der Waals surface area contributed by atoms with Crippen LogP contribution in [-0.2, 0) is 16.0 Å². The van der Waals surface area contributed by atoms with Crippen LogP contribution in [0.1, 0.15) is 11.1 Å². The fourth-order valence-electron chi connectivity index (χ4n) is 1.79. The van der Waals surface area contributed by atoms with Gasteiger partial charge in [0.25, 0.3) is 0 Å². The summed E-state index contributed by atoms with van der Waals surface area (Å²) in [7, 11) is 0. The van der Waals surface area contributed by atoms with Gasteiger partial charge in [0.2, 0.25) is 5.91 Å². The van der Waals surface area contributed by atoms with Gasteiger partial charge in [0.1, 0.15) is 12.3 Å². The quantitative estimate of drug-likeness (QED) is 0.681. The Hall–Kier alpha value is -2.33. The standard InChI is InChI=1S/C17H16ClNO3/c1-12-2-8-15(9-3-12)22-17(21)11-19-16(20)10-13-4-6-14(18)7-5-13/h2-9H,10-11H2,1H3,(H,19,20). The Kier molecular flexibility index (Phi) is 5.55. The zero-order chi connectivity index (χ0) is 15.9. The van der Waals surface area contributed by atoms with Gasteiger partial charge in [-0.05, 0) is 36.8 Å². The Morgan fingerprint density at radius 2 is 1.68 bits per heavy atom. The van der Waals surface area contributed by atoms with Crippen LogP contribution in [0.2, 0.25) is 5.02 Å². The van der Waals surface area contributed by atoms with Crippen LogP contribution in [0.25, 0.3) is 0 Å². The Bertz CT molecular complexity index is 591. The van der Waals surface area contributed by atoms with E-state index in [1.54, 1.807) is 36.4 Å². The monoisotopic (exact) mass is 317 g/mol. The first-order chi connectivity index (χ1) is 10.5. The molecular weight excluding hydrogens is 302 g/mol. The highest BCUT2D eigenvalue weighted by Gasteiger charge is 2.08. The summed E-state index contributed by atoms with van der Waals surface area (Å²) in [4.78, 5) is 23.4. The maximum atomic E-state index is 11.7. The van der Waals surface area contributed by atoms with Crippen LogP contribution >= 0.6 is 11.6 Å². The molecule has 22 heavy (non-hydrogen) atoms. The molecule has 2 aromatic rings. The highest BCUT2D eigenvalue weighted by molar-refractivity contribution is 6.30. The topological polar surface area (TPSA) is 55.4 Å². The molecule has 0 saturated carbocycles. The van der Waals surface area contributed by atoms with Crippen LogP contribution in [0.4, 0.5) is 0 Å². The lowest BCUT2D eigenvalue weighted by Crippen LogP contribution is -2.32. The van der Waals surface area contributed by atoms with Crippen LogP contribution in [0.3, 0.4) is 0 Å². The highest BCUT2D eigenvalue weighted by atomic mass is 35.5. The molecule has 2 aromatic carbocycles. The zero-order valence-corrected chi connectivity index (χ0v) is 12.9. The average Bonchev–Trinajstić information content (AvgIpc) is 2.50. The number of halogens is 1. The summed E-state index contributed by atoms with van der Waals surface area (Å²) in [5, 5.41) is 3.15. The number of hydrogen-bond acceptors (Lipinski definition) is 3. The predicted molar refractivity (Wildman–Crippen MR) is 85.0 cm³/mol. The van der Waals surface area contributed by atoms with Crippen LogP contribution in [0.5, 0.6) is 5.75 Å². The summed E-state index contributed by atoms with van der Waals surface area (Å²) in [6.45, 7) is 1.78. The zero-order valence-electron chi connectivity index (χ0n) is 12.1. The van der Waals surface area contributed by atoms with E-state index in [0.717, 1.165) is 11.1 Å². The van der Waals surface area contributed by atoms with Gasteiger partial charge in [-0.25, -0.2) is 4.79 Å². The number of benzene rings is 2. The molecule has 114 valence electrons. The first-order valence-corrected chi connectivity index (χ1v) is 7.19.